The van der Waals surface area contributed by atoms with E-state index in [0.717, 1.165) is 17.5 Å². The number of aliphatic hydroxyl groups excluding tert-OH is 1. The molecule has 1 heterocycles. The Morgan fingerprint density at radius 3 is 2.00 bits per heavy atom. The Kier molecular flexibility index (Phi) is 25.1. The van der Waals surface area contributed by atoms with Crippen LogP contribution in [0.2, 0.25) is 0 Å². The SMILES string of the molecule is COC(Cc1ccccc1)C(C)C=C(C)C=CC1NC(=O)C(Cc2ccc(O)cc2)NC(=O)C(C)C(C(=O)O)NC(=O)C(CCCN=C(N)N)NC(=O)C(C)NC(=O)C(CO)N(C)C(=O)CCC(C(=O)O)NC(=O)C1C. The van der Waals surface area contributed by atoms with Gasteiger partial charge in [-0.3, -0.25) is 38.6 Å². The first-order valence-corrected chi connectivity index (χ1v) is 24.8. The van der Waals surface area contributed by atoms with Gasteiger partial charge in [-0.15, -0.1) is 0 Å². The van der Waals surface area contributed by atoms with Crippen LogP contribution in [0, 0.1) is 17.8 Å². The van der Waals surface area contributed by atoms with Crippen LogP contribution in [-0.2, 0) is 60.7 Å². The van der Waals surface area contributed by atoms with E-state index in [-0.39, 0.29) is 49.5 Å². The van der Waals surface area contributed by atoms with Crippen molar-refractivity contribution in [3.63, 3.8) is 0 Å². The van der Waals surface area contributed by atoms with Crippen molar-refractivity contribution >= 4 is 59.2 Å². The van der Waals surface area contributed by atoms with E-state index in [1.54, 1.807) is 20.1 Å². The minimum atomic E-state index is -1.98. The lowest BCUT2D eigenvalue weighted by atomic mass is 9.94. The predicted molar refractivity (Wildman–Crippen MR) is 278 cm³/mol. The second kappa shape index (κ2) is 30.5. The number of phenols is 1. The minimum Gasteiger partial charge on any atom is -0.508 e. The molecule has 0 saturated carbocycles. The number of rotatable bonds is 16. The van der Waals surface area contributed by atoms with Gasteiger partial charge in [0.15, 0.2) is 5.96 Å². The van der Waals surface area contributed by atoms with Gasteiger partial charge in [-0.1, -0.05) is 87.0 Å². The van der Waals surface area contributed by atoms with E-state index in [4.69, 9.17) is 16.2 Å². The van der Waals surface area contributed by atoms with E-state index in [9.17, 15) is 63.6 Å². The number of nitrogens with two attached hydrogens (primary N) is 2. The molecule has 11 atom stereocenters. The quantitative estimate of drug-likeness (QED) is 0.0431. The third kappa shape index (κ3) is 19.8. The first-order chi connectivity index (χ1) is 35.9. The number of nitrogens with zero attached hydrogens (tertiary/aromatic N) is 2. The molecule has 3 rings (SSSR count). The molecule has 24 heteroatoms. The van der Waals surface area contributed by atoms with Gasteiger partial charge >= 0.3 is 11.9 Å². The number of allylic oxidation sites excluding steroid dienone is 2. The summed E-state index contributed by atoms with van der Waals surface area (Å²) in [5.41, 5.74) is 13.0. The largest absolute Gasteiger partial charge is 0.508 e. The van der Waals surface area contributed by atoms with E-state index in [0.29, 0.717) is 17.6 Å². The van der Waals surface area contributed by atoms with Crippen molar-refractivity contribution in [1.82, 2.24) is 36.8 Å². The zero-order chi connectivity index (χ0) is 56.8. The summed E-state index contributed by atoms with van der Waals surface area (Å²) < 4.78 is 5.82. The molecule has 0 spiro atoms. The predicted octanol–water partition coefficient (Wildman–Crippen LogP) is -0.632. The third-order valence-corrected chi connectivity index (χ3v) is 12.9. The van der Waals surface area contributed by atoms with Gasteiger partial charge in [0.25, 0.3) is 0 Å². The molecule has 76 heavy (non-hydrogen) atoms. The Hall–Kier alpha value is -7.86. The number of carboxylic acids is 2. The second-order valence-corrected chi connectivity index (χ2v) is 18.8. The van der Waals surface area contributed by atoms with Crippen molar-refractivity contribution in [2.75, 3.05) is 27.3 Å². The number of nitrogens with one attached hydrogen (secondary N) is 6. The molecule has 1 aliphatic rings. The fraction of sp³-hybridized carbons (Fsp3) is 0.500. The number of methoxy groups -OCH3 is 1. The van der Waals surface area contributed by atoms with Crippen LogP contribution in [0.5, 0.6) is 5.75 Å². The van der Waals surface area contributed by atoms with E-state index >= 15 is 0 Å². The van der Waals surface area contributed by atoms with E-state index in [1.807, 2.05) is 43.3 Å². The van der Waals surface area contributed by atoms with Gasteiger partial charge < -0.3 is 73.4 Å². The number of aromatic hydroxyl groups is 1. The van der Waals surface area contributed by atoms with E-state index in [2.05, 4.69) is 36.9 Å². The highest BCUT2D eigenvalue weighted by molar-refractivity contribution is 5.97. The lowest BCUT2D eigenvalue weighted by Crippen LogP contribution is -2.59. The highest BCUT2D eigenvalue weighted by Gasteiger charge is 2.38. The van der Waals surface area contributed by atoms with Crippen LogP contribution >= 0.6 is 0 Å². The Balaban J connectivity index is 2.17. The van der Waals surface area contributed by atoms with Crippen LogP contribution in [0.4, 0.5) is 0 Å². The van der Waals surface area contributed by atoms with Crippen LogP contribution in [-0.4, -0.2) is 160 Å². The summed E-state index contributed by atoms with van der Waals surface area (Å²) in [4.78, 5) is 127. The number of aliphatic imine (C=N–C) groups is 1. The van der Waals surface area contributed by atoms with Gasteiger partial charge in [0.2, 0.25) is 41.4 Å². The van der Waals surface area contributed by atoms with Gasteiger partial charge in [0, 0.05) is 39.5 Å². The molecule has 1 saturated heterocycles. The summed E-state index contributed by atoms with van der Waals surface area (Å²) in [6, 6.07) is 4.39. The summed E-state index contributed by atoms with van der Waals surface area (Å²) in [5, 5.41) is 55.8. The molecule has 24 nitrogen and oxygen atoms in total. The molecule has 0 aliphatic carbocycles. The van der Waals surface area contributed by atoms with Crippen LogP contribution in [0.3, 0.4) is 0 Å². The summed E-state index contributed by atoms with van der Waals surface area (Å²) >= 11 is 0. The normalized spacial score (nSPS) is 25.3. The van der Waals surface area contributed by atoms with Crippen LogP contribution in [0.1, 0.15) is 71.4 Å². The first kappa shape index (κ1) is 62.4. The molecule has 2 aromatic rings. The van der Waals surface area contributed by atoms with E-state index < -0.39 is 127 Å². The zero-order valence-corrected chi connectivity index (χ0v) is 43.9. The average Bonchev–Trinajstić information content (AvgIpc) is 3.37. The number of carbonyl (C=O) groups is 9. The highest BCUT2D eigenvalue weighted by Crippen LogP contribution is 2.19. The Labute approximate surface area is 441 Å². The Morgan fingerprint density at radius 2 is 1.41 bits per heavy atom. The topological polar surface area (TPSA) is 384 Å². The third-order valence-electron chi connectivity index (χ3n) is 12.9. The molecule has 11 unspecified atom stereocenters. The molecule has 1 fully saturated rings. The van der Waals surface area contributed by atoms with Crippen LogP contribution < -0.4 is 43.4 Å². The number of amides is 7. The lowest BCUT2D eigenvalue weighted by Gasteiger charge is -2.28. The zero-order valence-electron chi connectivity index (χ0n) is 43.9. The maximum atomic E-state index is 14.6. The number of benzene rings is 2. The molecule has 0 radical (unpaired) electrons. The number of guanidine groups is 1. The van der Waals surface area contributed by atoms with Crippen molar-refractivity contribution < 1.29 is 68.3 Å². The summed E-state index contributed by atoms with van der Waals surface area (Å²) in [6.07, 6.45) is 4.01. The molecule has 1 aliphatic heterocycles. The van der Waals surface area contributed by atoms with Crippen LogP contribution in [0.25, 0.3) is 0 Å². The first-order valence-electron chi connectivity index (χ1n) is 24.8. The molecule has 2 aromatic carbocycles. The Bertz CT molecular complexity index is 2430. The van der Waals surface area contributed by atoms with Crippen molar-refractivity contribution in [3.8, 4) is 5.75 Å². The molecule has 0 bridgehead atoms. The van der Waals surface area contributed by atoms with Gasteiger partial charge in [0.05, 0.1) is 30.6 Å². The highest BCUT2D eigenvalue weighted by atomic mass is 16.5. The fourth-order valence-electron chi connectivity index (χ4n) is 8.12. The van der Waals surface area contributed by atoms with Crippen molar-refractivity contribution in [2.45, 2.75) is 122 Å². The van der Waals surface area contributed by atoms with Crippen molar-refractivity contribution in [2.24, 2.45) is 34.2 Å². The van der Waals surface area contributed by atoms with Gasteiger partial charge in [-0.2, -0.15) is 0 Å². The molecule has 0 aromatic heterocycles. The van der Waals surface area contributed by atoms with Gasteiger partial charge in [0.1, 0.15) is 42.0 Å². The summed E-state index contributed by atoms with van der Waals surface area (Å²) in [5.74, 6) is -13.3. The molecule has 416 valence electrons. The molecular formula is C52H74N10O14. The monoisotopic (exact) mass is 1060 g/mol. The maximum Gasteiger partial charge on any atom is 0.327 e. The van der Waals surface area contributed by atoms with Gasteiger partial charge in [-0.05, 0) is 62.8 Å². The summed E-state index contributed by atoms with van der Waals surface area (Å²) in [7, 11) is 2.76. The lowest BCUT2D eigenvalue weighted by molar-refractivity contribution is -0.146. The Morgan fingerprint density at radius 1 is 0.789 bits per heavy atom. The standard InChI is InChI=1S/C52H74N10O14/c1-28(24-29(2)41(76-7)26-33-12-9-8-10-13-33)15-20-36-30(3)44(66)59-38(50(72)73)21-22-42(65)62(6)40(27-63)49(71)56-32(5)46(68)58-37(14-11-23-55-52(53)54)47(69)61-43(51(74)75)31(4)45(67)60-39(48(70)57-36)25-34-16-18-35(64)19-17-34/h8-10,12-13,15-20,24,29-32,36-41,43,63-64H,11,14,21-23,25-27H2,1-7H3,(H,56,71)(H,57,70)(H,58,68)(H,59,66)(H,60,67)(H,61,69)(H,72,73)(H,74,75)(H4,53,54,55). The number of hydrogen-bond acceptors (Lipinski definition) is 13. The number of carboxylic acid groups (broad SMARTS) is 2. The number of hydrogen-bond donors (Lipinski definition) is 12. The van der Waals surface area contributed by atoms with Gasteiger partial charge in [-0.25, -0.2) is 9.59 Å². The van der Waals surface area contributed by atoms with Crippen molar-refractivity contribution in [1.29, 1.82) is 0 Å². The molecule has 14 N–H and O–H groups in total. The van der Waals surface area contributed by atoms with Crippen LogP contribution in [0.15, 0.2) is 83.4 Å². The number of carbonyl (C=O) groups excluding carboxylic acids is 7. The fourth-order valence-corrected chi connectivity index (χ4v) is 8.12. The number of ether oxygens (including phenoxy) is 1. The second-order valence-electron chi connectivity index (χ2n) is 18.8. The maximum absolute atomic E-state index is 14.6. The smallest absolute Gasteiger partial charge is 0.327 e. The molecule has 7 amide bonds. The number of phenolic OH excluding ortho intramolecular Hbond substituents is 1. The number of likely N-dealkylation sites (N-methyl/N-ethyl adjacent to an activating group) is 1. The van der Waals surface area contributed by atoms with Crippen molar-refractivity contribution in [3.05, 3.63) is 89.5 Å². The summed E-state index contributed by atoms with van der Waals surface area (Å²) in [6.45, 7) is 6.60. The number of aliphatic hydroxyl groups is 1. The molecular weight excluding hydrogens is 989 g/mol. The number of aliphatic carboxylic acids is 2. The minimum absolute atomic E-state index is 0.0230. The van der Waals surface area contributed by atoms with E-state index in [1.165, 1.54) is 51.1 Å². The average molecular weight is 1060 g/mol.